The summed E-state index contributed by atoms with van der Waals surface area (Å²) in [6.45, 7) is -0.393. The first-order valence-electron chi connectivity index (χ1n) is 7.67. The van der Waals surface area contributed by atoms with E-state index >= 15 is 0 Å². The molecule has 0 atom stereocenters. The second-order valence-corrected chi connectivity index (χ2v) is 6.56. The van der Waals surface area contributed by atoms with E-state index in [0.29, 0.717) is 0 Å². The minimum Gasteiger partial charge on any atom is -0.323 e. The Labute approximate surface area is 165 Å². The zero-order chi connectivity index (χ0) is 20.7. The lowest BCUT2D eigenvalue weighted by molar-refractivity contribution is -0.384. The minimum absolute atomic E-state index is 0.0143. The summed E-state index contributed by atoms with van der Waals surface area (Å²) in [6.07, 6.45) is 0. The van der Waals surface area contributed by atoms with Crippen LogP contribution < -0.4 is 16.6 Å². The van der Waals surface area contributed by atoms with Crippen molar-refractivity contribution in [1.82, 2.24) is 18.7 Å². The second kappa shape index (κ2) is 7.09. The zero-order valence-corrected chi connectivity index (χ0v) is 16.0. The van der Waals surface area contributed by atoms with Gasteiger partial charge in [-0.15, -0.1) is 0 Å². The molecule has 0 saturated heterocycles. The molecule has 2 aromatic heterocycles. The number of hydrogen-bond acceptors (Lipinski definition) is 6. The van der Waals surface area contributed by atoms with Crippen LogP contribution in [0.3, 0.4) is 0 Å². The molecule has 0 aliphatic heterocycles. The predicted molar refractivity (Wildman–Crippen MR) is 102 cm³/mol. The molecule has 0 aliphatic carbocycles. The van der Waals surface area contributed by atoms with E-state index in [4.69, 9.17) is 23.2 Å². The smallest absolute Gasteiger partial charge is 0.323 e. The van der Waals surface area contributed by atoms with E-state index in [1.165, 1.54) is 26.2 Å². The van der Waals surface area contributed by atoms with Gasteiger partial charge in [0.25, 0.3) is 11.2 Å². The summed E-state index contributed by atoms with van der Waals surface area (Å²) in [5.41, 5.74) is -1.28. The molecule has 3 aromatic rings. The third-order valence-corrected chi connectivity index (χ3v) is 4.64. The van der Waals surface area contributed by atoms with Gasteiger partial charge in [-0.1, -0.05) is 11.6 Å². The Morgan fingerprint density at radius 1 is 1.25 bits per heavy atom. The number of amides is 1. The van der Waals surface area contributed by atoms with E-state index < -0.39 is 28.6 Å². The van der Waals surface area contributed by atoms with Gasteiger partial charge in [-0.25, -0.2) is 4.79 Å². The van der Waals surface area contributed by atoms with E-state index in [2.05, 4.69) is 10.3 Å². The van der Waals surface area contributed by atoms with Crippen LogP contribution in [0.4, 0.5) is 11.4 Å². The molecule has 0 saturated carbocycles. The number of nitrogens with one attached hydrogen (secondary N) is 1. The summed E-state index contributed by atoms with van der Waals surface area (Å²) in [7, 11) is 2.72. The maximum absolute atomic E-state index is 12.4. The molecule has 146 valence electrons. The van der Waals surface area contributed by atoms with Crippen molar-refractivity contribution in [3.63, 3.8) is 0 Å². The van der Waals surface area contributed by atoms with Gasteiger partial charge in [0.05, 0.1) is 15.6 Å². The predicted octanol–water partition coefficient (Wildman–Crippen LogP) is 1.29. The van der Waals surface area contributed by atoms with Crippen molar-refractivity contribution in [2.45, 2.75) is 6.54 Å². The molecule has 0 aliphatic rings. The fourth-order valence-electron chi connectivity index (χ4n) is 2.62. The molecule has 0 unspecified atom stereocenters. The van der Waals surface area contributed by atoms with Gasteiger partial charge >= 0.3 is 5.69 Å². The van der Waals surface area contributed by atoms with Crippen molar-refractivity contribution in [2.75, 3.05) is 5.32 Å². The molecular weight excluding hydrogens is 415 g/mol. The van der Waals surface area contributed by atoms with Gasteiger partial charge in [-0.3, -0.25) is 33.4 Å². The number of imidazole rings is 1. The van der Waals surface area contributed by atoms with E-state index in [1.807, 2.05) is 0 Å². The fraction of sp³-hybridized carbons (Fsp3) is 0.200. The van der Waals surface area contributed by atoms with Crippen molar-refractivity contribution in [1.29, 1.82) is 0 Å². The van der Waals surface area contributed by atoms with Crippen LogP contribution >= 0.6 is 23.2 Å². The number of aromatic nitrogens is 4. The van der Waals surface area contributed by atoms with Crippen LogP contribution in [-0.4, -0.2) is 29.5 Å². The lowest BCUT2D eigenvalue weighted by Gasteiger charge is -2.09. The highest BCUT2D eigenvalue weighted by atomic mass is 35.5. The molecule has 3 rings (SSSR count). The van der Waals surface area contributed by atoms with Gasteiger partial charge < -0.3 is 5.32 Å². The molecule has 1 N–H and O–H groups in total. The highest BCUT2D eigenvalue weighted by molar-refractivity contribution is 6.34. The molecule has 0 bridgehead atoms. The zero-order valence-electron chi connectivity index (χ0n) is 14.5. The first kappa shape index (κ1) is 19.6. The Morgan fingerprint density at radius 3 is 2.54 bits per heavy atom. The van der Waals surface area contributed by atoms with E-state index in [0.717, 1.165) is 19.8 Å². The van der Waals surface area contributed by atoms with Gasteiger partial charge in [0, 0.05) is 26.2 Å². The average molecular weight is 427 g/mol. The number of hydrogen-bond donors (Lipinski definition) is 1. The van der Waals surface area contributed by atoms with Crippen molar-refractivity contribution >= 4 is 51.6 Å². The normalized spacial score (nSPS) is 11.0. The van der Waals surface area contributed by atoms with Crippen molar-refractivity contribution in [3.8, 4) is 0 Å². The Bertz CT molecular complexity index is 1260. The number of nitrogens with zero attached hydrogens (tertiary/aromatic N) is 5. The van der Waals surface area contributed by atoms with Crippen LogP contribution in [0.25, 0.3) is 11.2 Å². The van der Waals surface area contributed by atoms with E-state index in [-0.39, 0.29) is 32.8 Å². The summed E-state index contributed by atoms with van der Waals surface area (Å²) >= 11 is 12.0. The molecule has 0 spiro atoms. The molecule has 0 fully saturated rings. The van der Waals surface area contributed by atoms with Crippen molar-refractivity contribution < 1.29 is 9.72 Å². The third-order valence-electron chi connectivity index (χ3n) is 4.04. The van der Waals surface area contributed by atoms with Gasteiger partial charge in [0.15, 0.2) is 11.2 Å². The van der Waals surface area contributed by atoms with Crippen molar-refractivity contribution in [2.24, 2.45) is 14.1 Å². The summed E-state index contributed by atoms with van der Waals surface area (Å²) in [5, 5.41) is 13.1. The molecule has 11 nitrogen and oxygen atoms in total. The molecular formula is C15H12Cl2N6O5. The minimum atomic E-state index is -0.654. The number of anilines is 1. The molecule has 28 heavy (non-hydrogen) atoms. The molecule has 13 heteroatoms. The number of rotatable bonds is 4. The third kappa shape index (κ3) is 3.25. The Balaban J connectivity index is 1.96. The molecule has 2 heterocycles. The first-order chi connectivity index (χ1) is 13.1. The largest absolute Gasteiger partial charge is 0.332 e. The van der Waals surface area contributed by atoms with Crippen LogP contribution in [0.15, 0.2) is 27.8 Å². The number of non-ortho nitro benzene ring substituents is 1. The number of carbonyl (C=O) groups is 1. The van der Waals surface area contributed by atoms with E-state index in [9.17, 15) is 24.5 Å². The number of benzene rings is 1. The number of aryl methyl sites for hydroxylation is 1. The summed E-state index contributed by atoms with van der Waals surface area (Å²) in [5.74, 6) is -0.604. The number of nitro groups is 1. The number of halogens is 2. The SMILES string of the molecule is Cn1c(=O)c2c(nc(Cl)n2CC(=O)Nc2ccc([N+](=O)[O-])cc2Cl)n(C)c1=O. The van der Waals surface area contributed by atoms with Crippen LogP contribution in [0.5, 0.6) is 0 Å². The lowest BCUT2D eigenvalue weighted by Crippen LogP contribution is -2.37. The topological polar surface area (TPSA) is 134 Å². The van der Waals surface area contributed by atoms with Gasteiger partial charge in [-0.2, -0.15) is 4.98 Å². The van der Waals surface area contributed by atoms with Crippen molar-refractivity contribution in [3.05, 3.63) is 59.5 Å². The van der Waals surface area contributed by atoms with Crippen LogP contribution in [0.1, 0.15) is 0 Å². The highest BCUT2D eigenvalue weighted by Crippen LogP contribution is 2.26. The van der Waals surface area contributed by atoms with E-state index in [1.54, 1.807) is 0 Å². The van der Waals surface area contributed by atoms with Gasteiger partial charge in [-0.05, 0) is 17.7 Å². The summed E-state index contributed by atoms with van der Waals surface area (Å²) in [4.78, 5) is 51.0. The molecule has 0 radical (unpaired) electrons. The Hall–Kier alpha value is -3.18. The highest BCUT2D eigenvalue weighted by Gasteiger charge is 2.20. The first-order valence-corrected chi connectivity index (χ1v) is 8.43. The maximum Gasteiger partial charge on any atom is 0.332 e. The van der Waals surface area contributed by atoms with Gasteiger partial charge in [0.1, 0.15) is 6.54 Å². The quantitative estimate of drug-likeness (QED) is 0.379. The average Bonchev–Trinajstić information content (AvgIpc) is 2.96. The Kier molecular flexibility index (Phi) is 4.96. The Morgan fingerprint density at radius 2 is 1.93 bits per heavy atom. The number of nitro benzene ring substituents is 1. The summed E-state index contributed by atoms with van der Waals surface area (Å²) in [6, 6.07) is 3.57. The number of fused-ring (bicyclic) bond motifs is 1. The molecule has 1 aromatic carbocycles. The second-order valence-electron chi connectivity index (χ2n) is 5.81. The fourth-order valence-corrected chi connectivity index (χ4v) is 3.06. The monoisotopic (exact) mass is 426 g/mol. The maximum atomic E-state index is 12.4. The van der Waals surface area contributed by atoms with Crippen LogP contribution in [0, 0.1) is 10.1 Å². The van der Waals surface area contributed by atoms with Gasteiger partial charge in [0.2, 0.25) is 11.2 Å². The lowest BCUT2D eigenvalue weighted by atomic mass is 10.3. The van der Waals surface area contributed by atoms with Crippen LogP contribution in [0.2, 0.25) is 10.3 Å². The molecule has 1 amide bonds. The van der Waals surface area contributed by atoms with Crippen LogP contribution in [-0.2, 0) is 25.4 Å². The standard InChI is InChI=1S/C15H12Cl2N6O5/c1-20-12-11(13(25)21(2)15(20)26)22(14(17)19-12)6-10(24)18-9-4-3-7(23(27)28)5-8(9)16/h3-5H,6H2,1-2H3,(H,18,24). The summed E-state index contributed by atoms with van der Waals surface area (Å²) < 4.78 is 3.18. The number of carbonyl (C=O) groups excluding carboxylic acids is 1.